The third kappa shape index (κ3) is 5.22. The van der Waals surface area contributed by atoms with Crippen LogP contribution < -0.4 is 5.32 Å². The number of carbonyl (C=O) groups is 2. The number of nitrogens with one attached hydrogen (secondary N) is 1. The van der Waals surface area contributed by atoms with Crippen LogP contribution in [0.5, 0.6) is 0 Å². The average molecular weight is 495 g/mol. The van der Waals surface area contributed by atoms with Crippen molar-refractivity contribution < 1.29 is 14.3 Å². The maximum absolute atomic E-state index is 13.2. The standard InChI is InChI=1S/C25H26N4O3S2/c1-3-18-7-4-8-20-19(15-28(23(18)20)16-22(30)27-10-11-32-2)12-21-24(31)29(25(33)34-21)14-17-6-5-9-26-13-17/h4-9,12-13,15H,3,10-11,14,16H2,1-2H3,(H,27,30)/b21-12-. The molecule has 1 saturated heterocycles. The summed E-state index contributed by atoms with van der Waals surface area (Å²) in [6, 6.07) is 9.87. The molecule has 34 heavy (non-hydrogen) atoms. The number of aromatic nitrogens is 2. The zero-order valence-electron chi connectivity index (χ0n) is 19.1. The van der Waals surface area contributed by atoms with Crippen LogP contribution in [0, 0.1) is 0 Å². The number of amides is 2. The zero-order chi connectivity index (χ0) is 24.1. The lowest BCUT2D eigenvalue weighted by Crippen LogP contribution is -2.30. The molecule has 2 aromatic heterocycles. The van der Waals surface area contributed by atoms with Gasteiger partial charge in [-0.1, -0.05) is 55.2 Å². The Balaban J connectivity index is 1.64. The quantitative estimate of drug-likeness (QED) is 0.277. The summed E-state index contributed by atoms with van der Waals surface area (Å²) < 4.78 is 7.49. The topological polar surface area (TPSA) is 76.5 Å². The number of hydrogen-bond donors (Lipinski definition) is 1. The Bertz CT molecular complexity index is 1250. The van der Waals surface area contributed by atoms with Crippen LogP contribution in [0.25, 0.3) is 17.0 Å². The molecule has 3 aromatic rings. The summed E-state index contributed by atoms with van der Waals surface area (Å²) >= 11 is 6.79. The van der Waals surface area contributed by atoms with E-state index in [-0.39, 0.29) is 18.4 Å². The molecule has 176 valence electrons. The molecule has 0 atom stereocenters. The van der Waals surface area contributed by atoms with Gasteiger partial charge in [0, 0.05) is 43.2 Å². The van der Waals surface area contributed by atoms with Gasteiger partial charge in [0.15, 0.2) is 0 Å². The highest BCUT2D eigenvalue weighted by atomic mass is 32.2. The predicted octanol–water partition coefficient (Wildman–Crippen LogP) is 3.76. The molecule has 1 N–H and O–H groups in total. The van der Waals surface area contributed by atoms with Gasteiger partial charge in [-0.05, 0) is 29.7 Å². The smallest absolute Gasteiger partial charge is 0.266 e. The van der Waals surface area contributed by atoms with Crippen LogP contribution in [-0.2, 0) is 33.8 Å². The molecule has 0 unspecified atom stereocenters. The number of hydrogen-bond acceptors (Lipinski definition) is 6. The predicted molar refractivity (Wildman–Crippen MR) is 139 cm³/mol. The van der Waals surface area contributed by atoms with Crippen LogP contribution in [0.4, 0.5) is 0 Å². The summed E-state index contributed by atoms with van der Waals surface area (Å²) in [5.74, 6) is -0.210. The van der Waals surface area contributed by atoms with Crippen LogP contribution in [-0.4, -0.2) is 50.8 Å². The van der Waals surface area contributed by atoms with Crippen molar-refractivity contribution in [3.8, 4) is 0 Å². The molecule has 0 radical (unpaired) electrons. The molecule has 0 aliphatic carbocycles. The number of para-hydroxylation sites is 1. The number of rotatable bonds is 9. The number of aryl methyl sites for hydroxylation is 1. The van der Waals surface area contributed by atoms with E-state index in [1.165, 1.54) is 11.8 Å². The third-order valence-electron chi connectivity index (χ3n) is 5.56. The van der Waals surface area contributed by atoms with E-state index in [1.807, 2.05) is 41.1 Å². The minimum atomic E-state index is -0.122. The fourth-order valence-corrected chi connectivity index (χ4v) is 5.19. The molecule has 7 nitrogen and oxygen atoms in total. The first-order valence-electron chi connectivity index (χ1n) is 11.0. The van der Waals surface area contributed by atoms with Gasteiger partial charge < -0.3 is 14.6 Å². The SMILES string of the molecule is CCc1cccc2c(/C=C3\SC(=S)N(Cc4cccnc4)C3=O)cn(CC(=O)NCCOC)c12. The molecular formula is C25H26N4O3S2. The Morgan fingerprint density at radius 3 is 2.88 bits per heavy atom. The molecule has 9 heteroatoms. The van der Waals surface area contributed by atoms with E-state index < -0.39 is 0 Å². The summed E-state index contributed by atoms with van der Waals surface area (Å²) in [7, 11) is 1.60. The lowest BCUT2D eigenvalue weighted by molar-refractivity contribution is -0.123. The number of benzene rings is 1. The molecule has 0 bridgehead atoms. The highest BCUT2D eigenvalue weighted by molar-refractivity contribution is 8.26. The zero-order valence-corrected chi connectivity index (χ0v) is 20.7. The number of fused-ring (bicyclic) bond motifs is 1. The van der Waals surface area contributed by atoms with Crippen molar-refractivity contribution in [2.75, 3.05) is 20.3 Å². The van der Waals surface area contributed by atoms with Crippen molar-refractivity contribution in [3.05, 3.63) is 70.5 Å². The van der Waals surface area contributed by atoms with Gasteiger partial charge >= 0.3 is 0 Å². The minimum absolute atomic E-state index is 0.0887. The Hall–Kier alpha value is -3.01. The Labute approximate surface area is 208 Å². The maximum Gasteiger partial charge on any atom is 0.266 e. The second-order valence-corrected chi connectivity index (χ2v) is 9.53. The van der Waals surface area contributed by atoms with Crippen LogP contribution in [0.3, 0.4) is 0 Å². The molecule has 3 heterocycles. The van der Waals surface area contributed by atoms with Gasteiger partial charge in [-0.3, -0.25) is 19.5 Å². The molecule has 1 aliphatic rings. The first-order valence-corrected chi connectivity index (χ1v) is 12.2. The molecule has 0 spiro atoms. The Kier molecular flexibility index (Phi) is 7.77. The minimum Gasteiger partial charge on any atom is -0.383 e. The average Bonchev–Trinajstić information content (AvgIpc) is 3.31. The molecular weight excluding hydrogens is 468 g/mol. The first-order chi connectivity index (χ1) is 16.5. The van der Waals surface area contributed by atoms with Crippen molar-refractivity contribution in [1.29, 1.82) is 0 Å². The van der Waals surface area contributed by atoms with Crippen LogP contribution in [0.2, 0.25) is 0 Å². The molecule has 0 saturated carbocycles. The number of methoxy groups -OCH3 is 1. The second-order valence-electron chi connectivity index (χ2n) is 7.85. The summed E-state index contributed by atoms with van der Waals surface area (Å²) in [4.78, 5) is 32.0. The van der Waals surface area contributed by atoms with Crippen molar-refractivity contribution >= 4 is 57.1 Å². The van der Waals surface area contributed by atoms with Crippen LogP contribution in [0.15, 0.2) is 53.8 Å². The monoisotopic (exact) mass is 494 g/mol. The van der Waals surface area contributed by atoms with Gasteiger partial charge in [0.2, 0.25) is 5.91 Å². The summed E-state index contributed by atoms with van der Waals surface area (Å²) in [6.07, 6.45) is 8.09. The van der Waals surface area contributed by atoms with Crippen molar-refractivity contribution in [2.45, 2.75) is 26.4 Å². The lowest BCUT2D eigenvalue weighted by Gasteiger charge is -2.13. The van der Waals surface area contributed by atoms with Gasteiger partial charge in [-0.2, -0.15) is 0 Å². The highest BCUT2D eigenvalue weighted by Crippen LogP contribution is 2.35. The molecule has 2 amide bonds. The second kappa shape index (κ2) is 10.9. The Morgan fingerprint density at radius 2 is 2.15 bits per heavy atom. The van der Waals surface area contributed by atoms with Gasteiger partial charge in [-0.25, -0.2) is 0 Å². The van der Waals surface area contributed by atoms with E-state index in [2.05, 4.69) is 23.3 Å². The van der Waals surface area contributed by atoms with Gasteiger partial charge in [0.1, 0.15) is 10.9 Å². The van der Waals surface area contributed by atoms with Gasteiger partial charge in [0.05, 0.1) is 23.6 Å². The van der Waals surface area contributed by atoms with E-state index in [0.29, 0.717) is 28.9 Å². The van der Waals surface area contributed by atoms with E-state index >= 15 is 0 Å². The van der Waals surface area contributed by atoms with Crippen LogP contribution >= 0.6 is 24.0 Å². The number of nitrogens with zero attached hydrogens (tertiary/aromatic N) is 3. The molecule has 1 fully saturated rings. The fraction of sp³-hybridized carbons (Fsp3) is 0.280. The Morgan fingerprint density at radius 1 is 1.29 bits per heavy atom. The largest absolute Gasteiger partial charge is 0.383 e. The number of thiocarbonyl (C=S) groups is 1. The maximum atomic E-state index is 13.2. The molecule has 4 rings (SSSR count). The summed E-state index contributed by atoms with van der Waals surface area (Å²) in [5.41, 5.74) is 3.95. The van der Waals surface area contributed by atoms with Gasteiger partial charge in [-0.15, -0.1) is 0 Å². The van der Waals surface area contributed by atoms with E-state index in [0.717, 1.165) is 34.0 Å². The number of ether oxygens (including phenoxy) is 1. The first kappa shape index (κ1) is 24.1. The van der Waals surface area contributed by atoms with E-state index in [4.69, 9.17) is 17.0 Å². The molecule has 1 aliphatic heterocycles. The fourth-order valence-electron chi connectivity index (χ4n) is 3.95. The third-order valence-corrected chi connectivity index (χ3v) is 6.94. The van der Waals surface area contributed by atoms with Crippen molar-refractivity contribution in [3.63, 3.8) is 0 Å². The van der Waals surface area contributed by atoms with Crippen molar-refractivity contribution in [1.82, 2.24) is 19.8 Å². The summed E-state index contributed by atoms with van der Waals surface area (Å²) in [6.45, 7) is 3.59. The van der Waals surface area contributed by atoms with Crippen LogP contribution in [0.1, 0.15) is 23.6 Å². The van der Waals surface area contributed by atoms with Gasteiger partial charge in [0.25, 0.3) is 5.91 Å². The number of thioether (sulfide) groups is 1. The number of pyridine rings is 1. The van der Waals surface area contributed by atoms with E-state index in [9.17, 15) is 9.59 Å². The summed E-state index contributed by atoms with van der Waals surface area (Å²) in [5, 5.41) is 3.87. The van der Waals surface area contributed by atoms with Crippen molar-refractivity contribution in [2.24, 2.45) is 0 Å². The number of carbonyl (C=O) groups excluding carboxylic acids is 2. The highest BCUT2D eigenvalue weighted by Gasteiger charge is 2.32. The molecule has 1 aromatic carbocycles. The lowest BCUT2D eigenvalue weighted by atomic mass is 10.1. The van der Waals surface area contributed by atoms with E-state index in [1.54, 1.807) is 24.4 Å². The normalized spacial score (nSPS) is 15.0.